The van der Waals surface area contributed by atoms with E-state index in [0.717, 1.165) is 19.1 Å². The lowest BCUT2D eigenvalue weighted by atomic mass is 9.89. The molecule has 102 valence electrons. The molecular formula is C13H21NO4. The van der Waals surface area contributed by atoms with Gasteiger partial charge in [-0.2, -0.15) is 0 Å². The summed E-state index contributed by atoms with van der Waals surface area (Å²) in [7, 11) is 0. The average molecular weight is 255 g/mol. The number of carbonyl (C=O) groups is 2. The number of nitrogens with zero attached hydrogens (tertiary/aromatic N) is 1. The Morgan fingerprint density at radius 1 is 1.39 bits per heavy atom. The molecule has 4 atom stereocenters. The summed E-state index contributed by atoms with van der Waals surface area (Å²) < 4.78 is 5.38. The van der Waals surface area contributed by atoms with Crippen molar-refractivity contribution >= 4 is 12.4 Å². The zero-order valence-electron chi connectivity index (χ0n) is 11.1. The number of rotatable bonds is 1. The summed E-state index contributed by atoms with van der Waals surface area (Å²) in [4.78, 5) is 24.9. The summed E-state index contributed by atoms with van der Waals surface area (Å²) >= 11 is 0. The Hall–Kier alpha value is -1.10. The summed E-state index contributed by atoms with van der Waals surface area (Å²) in [5.74, 6) is -0.476. The van der Waals surface area contributed by atoms with Gasteiger partial charge in [-0.25, -0.2) is 4.79 Å². The van der Waals surface area contributed by atoms with Crippen molar-refractivity contribution in [1.29, 1.82) is 0 Å². The molecule has 0 aromatic heterocycles. The van der Waals surface area contributed by atoms with Gasteiger partial charge >= 0.3 is 6.09 Å². The summed E-state index contributed by atoms with van der Waals surface area (Å²) in [6, 6.07) is -0.192. The minimum atomic E-state index is -0.626. The van der Waals surface area contributed by atoms with E-state index >= 15 is 0 Å². The molecule has 2 aliphatic heterocycles. The third-order valence-corrected chi connectivity index (χ3v) is 3.71. The third-order valence-electron chi connectivity index (χ3n) is 3.71. The molecule has 2 fully saturated rings. The number of aliphatic hydroxyl groups excluding tert-OH is 1. The molecule has 5 nitrogen and oxygen atoms in total. The van der Waals surface area contributed by atoms with Crippen molar-refractivity contribution in [1.82, 2.24) is 4.90 Å². The first kappa shape index (κ1) is 13.3. The Morgan fingerprint density at radius 3 is 2.61 bits per heavy atom. The molecule has 0 unspecified atom stereocenters. The second-order valence-corrected chi connectivity index (χ2v) is 6.20. The zero-order valence-corrected chi connectivity index (χ0v) is 11.1. The van der Waals surface area contributed by atoms with Gasteiger partial charge in [0.1, 0.15) is 11.9 Å². The molecule has 2 bridgehead atoms. The monoisotopic (exact) mass is 255 g/mol. The molecule has 0 spiro atoms. The first-order valence-electron chi connectivity index (χ1n) is 6.48. The van der Waals surface area contributed by atoms with Gasteiger partial charge in [0.25, 0.3) is 0 Å². The van der Waals surface area contributed by atoms with Crippen LogP contribution in [-0.2, 0) is 9.53 Å². The molecule has 2 saturated heterocycles. The van der Waals surface area contributed by atoms with Crippen LogP contribution in [0.5, 0.6) is 0 Å². The molecule has 1 N–H and O–H groups in total. The number of hydrogen-bond acceptors (Lipinski definition) is 4. The number of aliphatic hydroxyl groups is 1. The fraction of sp³-hybridized carbons (Fsp3) is 0.846. The Bertz CT molecular complexity index is 349. The normalized spacial score (nSPS) is 35.4. The van der Waals surface area contributed by atoms with Crippen molar-refractivity contribution in [2.75, 3.05) is 0 Å². The molecular weight excluding hydrogens is 234 g/mol. The highest BCUT2D eigenvalue weighted by Gasteiger charge is 2.49. The van der Waals surface area contributed by atoms with E-state index in [1.54, 1.807) is 4.90 Å². The number of aldehydes is 1. The summed E-state index contributed by atoms with van der Waals surface area (Å²) in [6.45, 7) is 5.47. The summed E-state index contributed by atoms with van der Waals surface area (Å²) in [5, 5.41) is 9.87. The summed E-state index contributed by atoms with van der Waals surface area (Å²) in [5.41, 5.74) is -0.538. The van der Waals surface area contributed by atoms with Gasteiger partial charge in [-0.1, -0.05) is 0 Å². The molecule has 2 rings (SSSR count). The molecule has 0 saturated carbocycles. The van der Waals surface area contributed by atoms with Gasteiger partial charge in [-0.05, 0) is 40.0 Å². The van der Waals surface area contributed by atoms with Crippen LogP contribution < -0.4 is 0 Å². The number of carbonyl (C=O) groups excluding carboxylic acids is 2. The van der Waals surface area contributed by atoms with E-state index < -0.39 is 17.6 Å². The minimum Gasteiger partial charge on any atom is -0.444 e. The Labute approximate surface area is 107 Å². The van der Waals surface area contributed by atoms with Crippen LogP contribution in [0.3, 0.4) is 0 Å². The maximum absolute atomic E-state index is 12.1. The van der Waals surface area contributed by atoms with Crippen LogP contribution in [0.25, 0.3) is 0 Å². The van der Waals surface area contributed by atoms with Gasteiger partial charge in [0.15, 0.2) is 0 Å². The fourth-order valence-corrected chi connectivity index (χ4v) is 2.99. The minimum absolute atomic E-state index is 0.0102. The quantitative estimate of drug-likeness (QED) is 0.718. The molecule has 5 heteroatoms. The number of hydrogen-bond donors (Lipinski definition) is 1. The SMILES string of the molecule is CC(C)(C)OC(=O)N1[C@@H]2CC[C@H]1[C@H](C=O)[C@H](O)C2. The Kier molecular flexibility index (Phi) is 3.36. The van der Waals surface area contributed by atoms with Gasteiger partial charge in [-0.15, -0.1) is 0 Å². The van der Waals surface area contributed by atoms with Gasteiger partial charge in [-0.3, -0.25) is 0 Å². The highest BCUT2D eigenvalue weighted by molar-refractivity contribution is 5.71. The molecule has 0 radical (unpaired) electrons. The van der Waals surface area contributed by atoms with E-state index in [9.17, 15) is 14.7 Å². The average Bonchev–Trinajstić information content (AvgIpc) is 2.53. The third kappa shape index (κ3) is 2.36. The predicted molar refractivity (Wildman–Crippen MR) is 65.1 cm³/mol. The van der Waals surface area contributed by atoms with E-state index in [1.807, 2.05) is 20.8 Å². The van der Waals surface area contributed by atoms with Crippen LogP contribution in [0, 0.1) is 5.92 Å². The first-order chi connectivity index (χ1) is 8.33. The number of fused-ring (bicyclic) bond motifs is 2. The highest BCUT2D eigenvalue weighted by atomic mass is 16.6. The smallest absolute Gasteiger partial charge is 0.410 e. The van der Waals surface area contributed by atoms with Crippen LogP contribution in [0.1, 0.15) is 40.0 Å². The zero-order chi connectivity index (χ0) is 13.5. The fourth-order valence-electron chi connectivity index (χ4n) is 2.99. The predicted octanol–water partition coefficient (Wildman–Crippen LogP) is 1.33. The van der Waals surface area contributed by atoms with Crippen molar-refractivity contribution < 1.29 is 19.4 Å². The van der Waals surface area contributed by atoms with E-state index in [1.165, 1.54) is 0 Å². The second kappa shape index (κ2) is 4.53. The van der Waals surface area contributed by atoms with Crippen LogP contribution in [0.2, 0.25) is 0 Å². The number of ether oxygens (including phenoxy) is 1. The molecule has 0 aromatic rings. The first-order valence-corrected chi connectivity index (χ1v) is 6.48. The van der Waals surface area contributed by atoms with Crippen LogP contribution in [0.15, 0.2) is 0 Å². The Balaban J connectivity index is 2.14. The second-order valence-electron chi connectivity index (χ2n) is 6.20. The molecule has 0 aliphatic carbocycles. The van der Waals surface area contributed by atoms with Gasteiger partial charge in [0, 0.05) is 12.1 Å². The van der Waals surface area contributed by atoms with Crippen molar-refractivity contribution in [2.24, 2.45) is 5.92 Å². The van der Waals surface area contributed by atoms with Gasteiger partial charge < -0.3 is 19.5 Å². The van der Waals surface area contributed by atoms with Crippen molar-refractivity contribution in [3.05, 3.63) is 0 Å². The standard InChI is InChI=1S/C13H21NO4/c1-13(2,3)18-12(17)14-8-4-5-10(14)9(7-15)11(16)6-8/h7-11,16H,4-6H2,1-3H3/t8-,9+,10+,11-/m1/s1. The molecule has 1 amide bonds. The lowest BCUT2D eigenvalue weighted by Crippen LogP contribution is -2.54. The van der Waals surface area contributed by atoms with E-state index in [2.05, 4.69) is 0 Å². The lowest BCUT2D eigenvalue weighted by Gasteiger charge is -2.41. The van der Waals surface area contributed by atoms with Crippen LogP contribution in [-0.4, -0.2) is 46.2 Å². The van der Waals surface area contributed by atoms with E-state index in [-0.39, 0.29) is 18.2 Å². The molecule has 18 heavy (non-hydrogen) atoms. The van der Waals surface area contributed by atoms with Crippen molar-refractivity contribution in [3.8, 4) is 0 Å². The maximum atomic E-state index is 12.1. The van der Waals surface area contributed by atoms with E-state index in [0.29, 0.717) is 6.42 Å². The van der Waals surface area contributed by atoms with Gasteiger partial charge in [0.05, 0.1) is 12.0 Å². The van der Waals surface area contributed by atoms with Crippen molar-refractivity contribution in [2.45, 2.75) is 63.8 Å². The lowest BCUT2D eigenvalue weighted by molar-refractivity contribution is -0.120. The van der Waals surface area contributed by atoms with E-state index in [4.69, 9.17) is 4.74 Å². The van der Waals surface area contributed by atoms with Gasteiger partial charge in [0.2, 0.25) is 0 Å². The largest absolute Gasteiger partial charge is 0.444 e. The molecule has 2 aliphatic rings. The van der Waals surface area contributed by atoms with Crippen LogP contribution in [0.4, 0.5) is 4.79 Å². The number of piperidine rings is 1. The molecule has 0 aromatic carbocycles. The van der Waals surface area contributed by atoms with Crippen molar-refractivity contribution in [3.63, 3.8) is 0 Å². The highest BCUT2D eigenvalue weighted by Crippen LogP contribution is 2.39. The number of amides is 1. The maximum Gasteiger partial charge on any atom is 0.410 e. The van der Waals surface area contributed by atoms with Crippen LogP contribution >= 0.6 is 0 Å². The summed E-state index contributed by atoms with van der Waals surface area (Å²) in [6.07, 6.45) is 1.86. The Morgan fingerprint density at radius 2 is 2.06 bits per heavy atom. The molecule has 2 heterocycles. The topological polar surface area (TPSA) is 66.8 Å².